The summed E-state index contributed by atoms with van der Waals surface area (Å²) in [5.74, 6) is -3.01. The van der Waals surface area contributed by atoms with Crippen LogP contribution in [-0.4, -0.2) is 24.6 Å². The van der Waals surface area contributed by atoms with E-state index in [4.69, 9.17) is 0 Å². The van der Waals surface area contributed by atoms with Gasteiger partial charge in [-0.1, -0.05) is 37.3 Å². The Labute approximate surface area is 104 Å². The molecule has 0 saturated carbocycles. The zero-order valence-corrected chi connectivity index (χ0v) is 10.3. The molecule has 0 aliphatic heterocycles. The molecular formula is C13H16F2O3. The summed E-state index contributed by atoms with van der Waals surface area (Å²) >= 11 is 0. The van der Waals surface area contributed by atoms with Crippen molar-refractivity contribution in [1.29, 1.82) is 0 Å². The third-order valence-corrected chi connectivity index (χ3v) is 3.03. The van der Waals surface area contributed by atoms with Gasteiger partial charge in [0.15, 0.2) is 5.92 Å². The molecule has 1 rings (SSSR count). The molecule has 0 aliphatic carbocycles. The molecule has 0 aliphatic rings. The molecule has 100 valence electrons. The number of esters is 1. The van der Waals surface area contributed by atoms with Crippen LogP contribution in [0.4, 0.5) is 8.78 Å². The molecule has 0 heterocycles. The summed E-state index contributed by atoms with van der Waals surface area (Å²) in [6.07, 6.45) is -3.01. The van der Waals surface area contributed by atoms with Crippen molar-refractivity contribution in [3.05, 3.63) is 35.9 Å². The number of methoxy groups -OCH3 is 1. The lowest BCUT2D eigenvalue weighted by Crippen LogP contribution is -2.44. The summed E-state index contributed by atoms with van der Waals surface area (Å²) in [6.45, 7) is 1.55. The molecule has 2 unspecified atom stereocenters. The van der Waals surface area contributed by atoms with Gasteiger partial charge in [0.1, 0.15) is 5.60 Å². The second-order valence-corrected chi connectivity index (χ2v) is 3.98. The molecule has 18 heavy (non-hydrogen) atoms. The maximum absolute atomic E-state index is 13.0. The van der Waals surface area contributed by atoms with Crippen molar-refractivity contribution in [3.8, 4) is 0 Å². The molecule has 0 radical (unpaired) electrons. The maximum atomic E-state index is 13.0. The molecule has 0 fully saturated rings. The lowest BCUT2D eigenvalue weighted by atomic mass is 9.79. The van der Waals surface area contributed by atoms with E-state index in [1.54, 1.807) is 25.1 Å². The predicted molar refractivity (Wildman–Crippen MR) is 62.1 cm³/mol. The van der Waals surface area contributed by atoms with E-state index in [2.05, 4.69) is 4.74 Å². The van der Waals surface area contributed by atoms with Gasteiger partial charge in [-0.3, -0.25) is 4.79 Å². The zero-order valence-electron chi connectivity index (χ0n) is 10.3. The Balaban J connectivity index is 3.23. The minimum atomic E-state index is -3.00. The van der Waals surface area contributed by atoms with Gasteiger partial charge in [0.2, 0.25) is 0 Å². The molecule has 2 atom stereocenters. The highest BCUT2D eigenvalue weighted by molar-refractivity contribution is 5.74. The molecule has 0 saturated heterocycles. The average molecular weight is 258 g/mol. The standard InChI is InChI=1S/C13H16F2O3/c1-3-13(17,9-7-5-4-6-8-9)10(11(14)15)12(16)18-2/h4-8,10-11,17H,3H2,1-2H3. The Morgan fingerprint density at radius 1 is 1.39 bits per heavy atom. The summed E-state index contributed by atoms with van der Waals surface area (Å²) in [5.41, 5.74) is -1.65. The monoisotopic (exact) mass is 258 g/mol. The van der Waals surface area contributed by atoms with Crippen LogP contribution in [0.3, 0.4) is 0 Å². The van der Waals surface area contributed by atoms with Crippen LogP contribution in [0.1, 0.15) is 18.9 Å². The lowest BCUT2D eigenvalue weighted by Gasteiger charge is -2.33. The van der Waals surface area contributed by atoms with E-state index < -0.39 is 23.9 Å². The minimum Gasteiger partial charge on any atom is -0.469 e. The summed E-state index contributed by atoms with van der Waals surface area (Å²) in [6, 6.07) is 7.98. The molecule has 0 spiro atoms. The first-order valence-corrected chi connectivity index (χ1v) is 5.61. The number of aliphatic hydroxyl groups is 1. The third-order valence-electron chi connectivity index (χ3n) is 3.03. The van der Waals surface area contributed by atoms with E-state index in [1.807, 2.05) is 0 Å². The second-order valence-electron chi connectivity index (χ2n) is 3.98. The van der Waals surface area contributed by atoms with Gasteiger partial charge in [0, 0.05) is 0 Å². The summed E-state index contributed by atoms with van der Waals surface area (Å²) in [7, 11) is 1.03. The van der Waals surface area contributed by atoms with Crippen LogP contribution in [-0.2, 0) is 15.1 Å². The molecular weight excluding hydrogens is 242 g/mol. The van der Waals surface area contributed by atoms with Crippen LogP contribution >= 0.6 is 0 Å². The van der Waals surface area contributed by atoms with Gasteiger partial charge in [-0.15, -0.1) is 0 Å². The van der Waals surface area contributed by atoms with E-state index in [0.29, 0.717) is 0 Å². The number of rotatable bonds is 5. The molecule has 1 aromatic rings. The van der Waals surface area contributed by atoms with Gasteiger partial charge in [-0.25, -0.2) is 8.78 Å². The van der Waals surface area contributed by atoms with Crippen molar-refractivity contribution in [2.24, 2.45) is 5.92 Å². The Morgan fingerprint density at radius 2 is 1.94 bits per heavy atom. The first-order valence-electron chi connectivity index (χ1n) is 5.61. The Hall–Kier alpha value is -1.49. The fraction of sp³-hybridized carbons (Fsp3) is 0.462. The normalized spacial score (nSPS) is 16.1. The smallest absolute Gasteiger partial charge is 0.317 e. The summed E-state index contributed by atoms with van der Waals surface area (Å²) < 4.78 is 30.5. The van der Waals surface area contributed by atoms with Gasteiger partial charge < -0.3 is 9.84 Å². The fourth-order valence-electron chi connectivity index (χ4n) is 1.96. The summed E-state index contributed by atoms with van der Waals surface area (Å²) in [5, 5.41) is 10.4. The van der Waals surface area contributed by atoms with Crippen molar-refractivity contribution in [2.75, 3.05) is 7.11 Å². The molecule has 3 nitrogen and oxygen atoms in total. The number of halogens is 2. The highest BCUT2D eigenvalue weighted by Crippen LogP contribution is 2.37. The number of ether oxygens (including phenoxy) is 1. The highest BCUT2D eigenvalue weighted by Gasteiger charge is 2.48. The number of hydrogen-bond donors (Lipinski definition) is 1. The Morgan fingerprint density at radius 3 is 2.33 bits per heavy atom. The minimum absolute atomic E-state index is 0.0128. The average Bonchev–Trinajstić information content (AvgIpc) is 2.39. The van der Waals surface area contributed by atoms with Crippen LogP contribution < -0.4 is 0 Å². The molecule has 5 heteroatoms. The molecule has 1 aromatic carbocycles. The second kappa shape index (κ2) is 5.91. The zero-order chi connectivity index (χ0) is 13.8. The highest BCUT2D eigenvalue weighted by atomic mass is 19.3. The van der Waals surface area contributed by atoms with Crippen molar-refractivity contribution < 1.29 is 23.4 Å². The molecule has 0 amide bonds. The fourth-order valence-corrected chi connectivity index (χ4v) is 1.96. The molecule has 1 N–H and O–H groups in total. The topological polar surface area (TPSA) is 46.5 Å². The number of carbonyl (C=O) groups is 1. The number of carbonyl (C=O) groups excluding carboxylic acids is 1. The number of benzene rings is 1. The van der Waals surface area contributed by atoms with E-state index in [9.17, 15) is 18.7 Å². The van der Waals surface area contributed by atoms with Crippen LogP contribution in [0.15, 0.2) is 30.3 Å². The third kappa shape index (κ3) is 2.67. The largest absolute Gasteiger partial charge is 0.469 e. The van der Waals surface area contributed by atoms with Gasteiger partial charge in [0.25, 0.3) is 6.43 Å². The quantitative estimate of drug-likeness (QED) is 0.824. The van der Waals surface area contributed by atoms with E-state index in [0.717, 1.165) is 7.11 Å². The van der Waals surface area contributed by atoms with Gasteiger partial charge in [-0.05, 0) is 12.0 Å². The number of alkyl halides is 2. The Kier molecular flexibility index (Phi) is 4.78. The van der Waals surface area contributed by atoms with Gasteiger partial charge in [0.05, 0.1) is 7.11 Å². The van der Waals surface area contributed by atoms with E-state index in [1.165, 1.54) is 12.1 Å². The van der Waals surface area contributed by atoms with Crippen LogP contribution in [0.2, 0.25) is 0 Å². The summed E-state index contributed by atoms with van der Waals surface area (Å²) in [4.78, 5) is 11.5. The van der Waals surface area contributed by atoms with Crippen LogP contribution in [0.25, 0.3) is 0 Å². The number of hydrogen-bond acceptors (Lipinski definition) is 3. The van der Waals surface area contributed by atoms with Crippen molar-refractivity contribution in [2.45, 2.75) is 25.4 Å². The lowest BCUT2D eigenvalue weighted by molar-refractivity contribution is -0.170. The van der Waals surface area contributed by atoms with E-state index >= 15 is 0 Å². The predicted octanol–water partition coefficient (Wildman–Crippen LogP) is 2.34. The van der Waals surface area contributed by atoms with Crippen molar-refractivity contribution in [3.63, 3.8) is 0 Å². The molecule has 0 aromatic heterocycles. The van der Waals surface area contributed by atoms with E-state index in [-0.39, 0.29) is 12.0 Å². The van der Waals surface area contributed by atoms with Gasteiger partial charge >= 0.3 is 5.97 Å². The maximum Gasteiger partial charge on any atom is 0.317 e. The van der Waals surface area contributed by atoms with Crippen LogP contribution in [0, 0.1) is 5.92 Å². The SMILES string of the molecule is CCC(O)(c1ccccc1)C(C(=O)OC)C(F)F. The van der Waals surface area contributed by atoms with Crippen molar-refractivity contribution in [1.82, 2.24) is 0 Å². The Bertz CT molecular complexity index is 394. The van der Waals surface area contributed by atoms with Gasteiger partial charge in [-0.2, -0.15) is 0 Å². The van der Waals surface area contributed by atoms with Crippen LogP contribution in [0.5, 0.6) is 0 Å². The van der Waals surface area contributed by atoms with Crippen molar-refractivity contribution >= 4 is 5.97 Å². The molecule has 0 bridgehead atoms. The first kappa shape index (κ1) is 14.6. The first-order chi connectivity index (χ1) is 8.47.